The topological polar surface area (TPSA) is 12.5 Å². The van der Waals surface area contributed by atoms with Gasteiger partial charge in [0.15, 0.2) is 0 Å². The van der Waals surface area contributed by atoms with E-state index in [1.54, 1.807) is 0 Å². The maximum atomic E-state index is 5.38. The molecule has 2 fully saturated rings. The lowest BCUT2D eigenvalue weighted by Crippen LogP contribution is -2.38. The van der Waals surface area contributed by atoms with Gasteiger partial charge in [-0.05, 0) is 44.7 Å². The number of rotatable bonds is 2. The Labute approximate surface area is 95.1 Å². The van der Waals surface area contributed by atoms with Gasteiger partial charge in [-0.15, -0.1) is 0 Å². The minimum absolute atomic E-state index is 0.772. The smallest absolute Gasteiger partial charge is 0.0469 e. The van der Waals surface area contributed by atoms with Crippen LogP contribution in [0.15, 0.2) is 0 Å². The Morgan fingerprint density at radius 1 is 1.07 bits per heavy atom. The Bertz CT molecular complexity index is 163. The Kier molecular flexibility index (Phi) is 4.26. The molecule has 2 aliphatic heterocycles. The van der Waals surface area contributed by atoms with Crippen LogP contribution in [0.3, 0.4) is 0 Å². The Hall–Kier alpha value is 0.400. The summed E-state index contributed by atoms with van der Waals surface area (Å²) in [6.45, 7) is 5.85. The van der Waals surface area contributed by atoms with Crippen molar-refractivity contribution < 1.29 is 4.74 Å². The highest BCUT2D eigenvalue weighted by Crippen LogP contribution is 2.21. The van der Waals surface area contributed by atoms with E-state index in [-0.39, 0.29) is 0 Å². The van der Waals surface area contributed by atoms with Gasteiger partial charge in [0.25, 0.3) is 0 Å². The average molecular weight is 262 g/mol. The summed E-state index contributed by atoms with van der Waals surface area (Å²) in [4.78, 5) is 3.40. The van der Waals surface area contributed by atoms with Gasteiger partial charge < -0.3 is 9.64 Å². The average Bonchev–Trinajstić information content (AvgIpc) is 2.23. The molecule has 2 nitrogen and oxygen atoms in total. The molecular formula is C11H20BrNO. The van der Waals surface area contributed by atoms with E-state index in [0.29, 0.717) is 0 Å². The van der Waals surface area contributed by atoms with Crippen LogP contribution in [0.25, 0.3) is 0 Å². The van der Waals surface area contributed by atoms with Crippen molar-refractivity contribution in [1.29, 1.82) is 0 Å². The molecule has 0 aromatic heterocycles. The number of alkyl halides is 1. The first-order valence-electron chi connectivity index (χ1n) is 5.79. The first kappa shape index (κ1) is 10.9. The van der Waals surface area contributed by atoms with Gasteiger partial charge in [-0.1, -0.05) is 15.9 Å². The fourth-order valence-corrected chi connectivity index (χ4v) is 2.79. The van der Waals surface area contributed by atoms with Gasteiger partial charge in [0.05, 0.1) is 0 Å². The number of ether oxygens (including phenoxy) is 1. The lowest BCUT2D eigenvalue weighted by Gasteiger charge is -2.33. The van der Waals surface area contributed by atoms with Crippen LogP contribution in [0.1, 0.15) is 25.7 Å². The van der Waals surface area contributed by atoms with E-state index >= 15 is 0 Å². The Balaban J connectivity index is 1.68. The first-order valence-corrected chi connectivity index (χ1v) is 6.70. The summed E-state index contributed by atoms with van der Waals surface area (Å²) in [5.41, 5.74) is 0. The quantitative estimate of drug-likeness (QED) is 0.708. The lowest BCUT2D eigenvalue weighted by atomic mass is 9.98. The molecule has 3 heteroatoms. The van der Waals surface area contributed by atoms with Crippen molar-refractivity contribution in [2.45, 2.75) is 30.5 Å². The highest BCUT2D eigenvalue weighted by molar-refractivity contribution is 9.09. The second-order valence-electron chi connectivity index (χ2n) is 4.53. The summed E-state index contributed by atoms with van der Waals surface area (Å²) in [6, 6.07) is 0. The fourth-order valence-electron chi connectivity index (χ4n) is 2.38. The Morgan fingerprint density at radius 2 is 1.71 bits per heavy atom. The summed E-state index contributed by atoms with van der Waals surface area (Å²) in [5.74, 6) is 0.899. The van der Waals surface area contributed by atoms with Crippen LogP contribution in [0, 0.1) is 5.92 Å². The monoisotopic (exact) mass is 261 g/mol. The second kappa shape index (κ2) is 5.47. The van der Waals surface area contributed by atoms with Gasteiger partial charge >= 0.3 is 0 Å². The first-order chi connectivity index (χ1) is 6.84. The molecule has 2 rings (SSSR count). The zero-order chi connectivity index (χ0) is 9.80. The van der Waals surface area contributed by atoms with Crippen molar-refractivity contribution >= 4 is 15.9 Å². The molecule has 0 aromatic rings. The van der Waals surface area contributed by atoms with Crippen molar-refractivity contribution in [3.8, 4) is 0 Å². The summed E-state index contributed by atoms with van der Waals surface area (Å²) in [7, 11) is 0. The molecule has 0 bridgehead atoms. The third-order valence-electron chi connectivity index (χ3n) is 3.37. The molecule has 2 aliphatic rings. The van der Waals surface area contributed by atoms with Crippen LogP contribution in [-0.2, 0) is 4.74 Å². The highest BCUT2D eigenvalue weighted by atomic mass is 79.9. The zero-order valence-corrected chi connectivity index (χ0v) is 10.3. The third kappa shape index (κ3) is 3.21. The van der Waals surface area contributed by atoms with Crippen molar-refractivity contribution in [3.63, 3.8) is 0 Å². The maximum Gasteiger partial charge on any atom is 0.0469 e. The molecular weight excluding hydrogens is 242 g/mol. The summed E-state index contributed by atoms with van der Waals surface area (Å²) in [5, 5.41) is 0. The van der Waals surface area contributed by atoms with Crippen LogP contribution in [0.2, 0.25) is 0 Å². The minimum atomic E-state index is 0.772. The normalized spacial score (nSPS) is 28.1. The molecule has 0 saturated carbocycles. The van der Waals surface area contributed by atoms with E-state index in [2.05, 4.69) is 20.8 Å². The fraction of sp³-hybridized carbons (Fsp3) is 1.00. The zero-order valence-electron chi connectivity index (χ0n) is 8.75. The molecule has 0 amide bonds. The molecule has 14 heavy (non-hydrogen) atoms. The van der Waals surface area contributed by atoms with E-state index in [4.69, 9.17) is 4.74 Å². The number of piperidine rings is 1. The van der Waals surface area contributed by atoms with Gasteiger partial charge in [0.1, 0.15) is 0 Å². The molecule has 0 atom stereocenters. The molecule has 82 valence electrons. The minimum Gasteiger partial charge on any atom is -0.381 e. The van der Waals surface area contributed by atoms with Crippen LogP contribution in [-0.4, -0.2) is 42.6 Å². The molecule has 0 aliphatic carbocycles. The summed E-state index contributed by atoms with van der Waals surface area (Å²) in [6.07, 6.45) is 5.19. The molecule has 0 spiro atoms. The number of likely N-dealkylation sites (tertiary alicyclic amines) is 1. The van der Waals surface area contributed by atoms with E-state index < -0.39 is 0 Å². The predicted octanol–water partition coefficient (Wildman–Crippen LogP) is 2.27. The Morgan fingerprint density at radius 3 is 2.36 bits per heavy atom. The SMILES string of the molecule is BrC1CCN(CC2CCOCC2)CC1. The third-order valence-corrected chi connectivity index (χ3v) is 4.29. The van der Waals surface area contributed by atoms with Crippen LogP contribution < -0.4 is 0 Å². The second-order valence-corrected chi connectivity index (χ2v) is 5.83. The predicted molar refractivity (Wildman–Crippen MR) is 61.9 cm³/mol. The van der Waals surface area contributed by atoms with E-state index in [0.717, 1.165) is 24.0 Å². The summed E-state index contributed by atoms with van der Waals surface area (Å²) < 4.78 is 5.38. The molecule has 0 radical (unpaired) electrons. The molecule has 2 heterocycles. The number of halogens is 1. The van der Waals surface area contributed by atoms with Crippen LogP contribution >= 0.6 is 15.9 Å². The van der Waals surface area contributed by atoms with Crippen LogP contribution in [0.4, 0.5) is 0 Å². The van der Waals surface area contributed by atoms with Crippen LogP contribution in [0.5, 0.6) is 0 Å². The largest absolute Gasteiger partial charge is 0.381 e. The molecule has 0 aromatic carbocycles. The molecule has 0 N–H and O–H groups in total. The van der Waals surface area contributed by atoms with E-state index in [1.165, 1.54) is 45.3 Å². The number of hydrogen-bond donors (Lipinski definition) is 0. The van der Waals surface area contributed by atoms with Crippen molar-refractivity contribution in [1.82, 2.24) is 4.90 Å². The van der Waals surface area contributed by atoms with Crippen molar-refractivity contribution in [2.75, 3.05) is 32.8 Å². The van der Waals surface area contributed by atoms with Gasteiger partial charge in [-0.25, -0.2) is 0 Å². The van der Waals surface area contributed by atoms with Gasteiger partial charge in [-0.3, -0.25) is 0 Å². The highest BCUT2D eigenvalue weighted by Gasteiger charge is 2.21. The number of nitrogens with zero attached hydrogens (tertiary/aromatic N) is 1. The van der Waals surface area contributed by atoms with E-state index in [9.17, 15) is 0 Å². The van der Waals surface area contributed by atoms with Gasteiger partial charge in [0.2, 0.25) is 0 Å². The van der Waals surface area contributed by atoms with Crippen molar-refractivity contribution in [2.24, 2.45) is 5.92 Å². The van der Waals surface area contributed by atoms with Gasteiger partial charge in [-0.2, -0.15) is 0 Å². The summed E-state index contributed by atoms with van der Waals surface area (Å²) >= 11 is 3.69. The van der Waals surface area contributed by atoms with Crippen molar-refractivity contribution in [3.05, 3.63) is 0 Å². The maximum absolute atomic E-state index is 5.38. The molecule has 0 unspecified atom stereocenters. The number of hydrogen-bond acceptors (Lipinski definition) is 2. The molecule has 2 saturated heterocycles. The lowest BCUT2D eigenvalue weighted by molar-refractivity contribution is 0.0501. The van der Waals surface area contributed by atoms with E-state index in [1.807, 2.05) is 0 Å². The van der Waals surface area contributed by atoms with Gasteiger partial charge in [0, 0.05) is 24.6 Å². The standard InChI is InChI=1S/C11H20BrNO/c12-11-1-5-13(6-2-11)9-10-3-7-14-8-4-10/h10-11H,1-9H2.